The van der Waals surface area contributed by atoms with E-state index in [0.29, 0.717) is 0 Å². The third-order valence-corrected chi connectivity index (χ3v) is 4.83. The van der Waals surface area contributed by atoms with Gasteiger partial charge in [-0.1, -0.05) is 82.0 Å². The number of hydrogen-bond acceptors (Lipinski definition) is 1. The smallest absolute Gasteiger partial charge is 0.160 e. The number of carbonyl (C=O) groups excluding carboxylic acids is 1. The third-order valence-electron chi connectivity index (χ3n) is 4.83. The Bertz CT molecular complexity index is 724. The summed E-state index contributed by atoms with van der Waals surface area (Å²) in [5.41, 5.74) is 3.27. The molecule has 0 aromatic heterocycles. The molecule has 0 N–H and O–H groups in total. The minimum Gasteiger partial charge on any atom is -0.294 e. The number of aryl methyl sites for hydroxylation is 1. The number of rotatable bonds is 10. The van der Waals surface area contributed by atoms with Crippen LogP contribution in [-0.2, 0) is 6.42 Å². The van der Waals surface area contributed by atoms with Crippen molar-refractivity contribution < 1.29 is 4.79 Å². The molecule has 0 bridgehead atoms. The number of hydrogen-bond donors (Lipinski definition) is 0. The van der Waals surface area contributed by atoms with E-state index in [2.05, 4.69) is 56.3 Å². The molecule has 1 heteroatoms. The summed E-state index contributed by atoms with van der Waals surface area (Å²) in [5, 5.41) is 2.44. The van der Waals surface area contributed by atoms with Crippen molar-refractivity contribution in [3.63, 3.8) is 0 Å². The summed E-state index contributed by atoms with van der Waals surface area (Å²) in [4.78, 5) is 12.5. The van der Waals surface area contributed by atoms with Crippen LogP contribution in [0, 0.1) is 0 Å². The molecule has 25 heavy (non-hydrogen) atoms. The number of Topliss-reactive ketones (excluding diaryl/α,β-unsaturated/α-hetero) is 1. The number of benzene rings is 2. The summed E-state index contributed by atoms with van der Waals surface area (Å²) < 4.78 is 0. The van der Waals surface area contributed by atoms with Crippen LogP contribution in [0.25, 0.3) is 16.8 Å². The van der Waals surface area contributed by atoms with Crippen molar-refractivity contribution in [2.45, 2.75) is 72.1 Å². The van der Waals surface area contributed by atoms with Crippen LogP contribution in [0.15, 0.2) is 36.4 Å². The van der Waals surface area contributed by atoms with Crippen LogP contribution in [-0.4, -0.2) is 5.78 Å². The van der Waals surface area contributed by atoms with Crippen molar-refractivity contribution in [1.82, 2.24) is 0 Å². The summed E-state index contributed by atoms with van der Waals surface area (Å²) >= 11 is 0. The van der Waals surface area contributed by atoms with Crippen molar-refractivity contribution in [2.24, 2.45) is 0 Å². The Morgan fingerprint density at radius 2 is 1.72 bits per heavy atom. The molecule has 0 atom stereocenters. The van der Waals surface area contributed by atoms with Crippen LogP contribution in [0.1, 0.15) is 87.2 Å². The van der Waals surface area contributed by atoms with E-state index < -0.39 is 0 Å². The zero-order valence-electron chi connectivity index (χ0n) is 16.1. The summed E-state index contributed by atoms with van der Waals surface area (Å²) in [5.74, 6) is 0.186. The first kappa shape index (κ1) is 19.4. The Hall–Kier alpha value is -1.89. The Kier molecular flexibility index (Phi) is 7.91. The molecule has 0 aliphatic heterocycles. The van der Waals surface area contributed by atoms with E-state index in [1.807, 2.05) is 0 Å². The number of carbonyl (C=O) groups is 1. The molecule has 0 aliphatic carbocycles. The molecular formula is C24H32O. The molecule has 2 rings (SSSR count). The second-order valence-corrected chi connectivity index (χ2v) is 6.96. The van der Waals surface area contributed by atoms with Crippen molar-refractivity contribution in [2.75, 3.05) is 0 Å². The van der Waals surface area contributed by atoms with Crippen molar-refractivity contribution >= 4 is 22.6 Å². The topological polar surface area (TPSA) is 17.1 Å². The summed E-state index contributed by atoms with van der Waals surface area (Å²) in [6.07, 6.45) is 13.8. The van der Waals surface area contributed by atoms with Gasteiger partial charge < -0.3 is 0 Å². The Balaban J connectivity index is 2.46. The van der Waals surface area contributed by atoms with Gasteiger partial charge in [0.25, 0.3) is 0 Å². The van der Waals surface area contributed by atoms with Crippen molar-refractivity contribution in [3.8, 4) is 0 Å². The van der Waals surface area contributed by atoms with Gasteiger partial charge in [-0.3, -0.25) is 4.79 Å². The average molecular weight is 337 g/mol. The van der Waals surface area contributed by atoms with E-state index in [1.54, 1.807) is 6.92 Å². The molecule has 0 aliphatic rings. The van der Waals surface area contributed by atoms with E-state index in [0.717, 1.165) is 30.4 Å². The molecule has 2 aromatic rings. The maximum absolute atomic E-state index is 12.5. The van der Waals surface area contributed by atoms with Gasteiger partial charge in [0.05, 0.1) is 0 Å². The Morgan fingerprint density at radius 1 is 1.00 bits per heavy atom. The fraction of sp³-hybridized carbons (Fsp3) is 0.458. The van der Waals surface area contributed by atoms with Gasteiger partial charge in [0, 0.05) is 5.56 Å². The van der Waals surface area contributed by atoms with Crippen LogP contribution in [0.3, 0.4) is 0 Å². The predicted octanol–water partition coefficient (Wildman–Crippen LogP) is 7.37. The number of unbranched alkanes of at least 4 members (excludes halogenated alkanes) is 5. The van der Waals surface area contributed by atoms with Gasteiger partial charge in [0.2, 0.25) is 0 Å². The second kappa shape index (κ2) is 10.2. The van der Waals surface area contributed by atoms with Crippen LogP contribution in [0.5, 0.6) is 0 Å². The number of fused-ring (bicyclic) bond motifs is 1. The maximum Gasteiger partial charge on any atom is 0.160 e. The summed E-state index contributed by atoms with van der Waals surface area (Å²) in [6.45, 7) is 6.16. The van der Waals surface area contributed by atoms with E-state index in [9.17, 15) is 4.79 Å². The first-order valence-corrected chi connectivity index (χ1v) is 9.91. The van der Waals surface area contributed by atoms with Gasteiger partial charge >= 0.3 is 0 Å². The highest BCUT2D eigenvalue weighted by molar-refractivity contribution is 6.06. The minimum atomic E-state index is 0.186. The lowest BCUT2D eigenvalue weighted by Crippen LogP contribution is -2.04. The normalized spacial score (nSPS) is 11.5. The molecule has 134 valence electrons. The molecule has 0 saturated heterocycles. The van der Waals surface area contributed by atoms with E-state index in [-0.39, 0.29) is 5.78 Å². The van der Waals surface area contributed by atoms with Gasteiger partial charge in [0.1, 0.15) is 0 Å². The molecule has 0 heterocycles. The molecular weight excluding hydrogens is 304 g/mol. The molecule has 1 nitrogen and oxygen atoms in total. The highest BCUT2D eigenvalue weighted by atomic mass is 16.1. The van der Waals surface area contributed by atoms with Crippen LogP contribution in [0.4, 0.5) is 0 Å². The highest BCUT2D eigenvalue weighted by Gasteiger charge is 2.15. The van der Waals surface area contributed by atoms with Crippen LogP contribution < -0.4 is 0 Å². The Morgan fingerprint density at radius 3 is 2.44 bits per heavy atom. The molecule has 0 fully saturated rings. The van der Waals surface area contributed by atoms with Gasteiger partial charge in [-0.05, 0) is 54.5 Å². The van der Waals surface area contributed by atoms with Crippen molar-refractivity contribution in [1.29, 1.82) is 0 Å². The standard InChI is InChI=1S/C24H32O/c1-4-6-8-9-11-17-23-22-16-13-12-14-20(22)18-21(15-10-7-5-2)24(23)19(3)25/h11-14,16-18H,4-10,15H2,1-3H3. The number of allylic oxidation sites excluding steroid dienone is 1. The molecule has 0 amide bonds. The SMILES string of the molecule is CCCCCC=Cc1c(C(C)=O)c(CCCCC)cc2ccccc12. The van der Waals surface area contributed by atoms with E-state index in [4.69, 9.17) is 0 Å². The second-order valence-electron chi connectivity index (χ2n) is 6.96. The predicted molar refractivity (Wildman–Crippen MR) is 110 cm³/mol. The fourth-order valence-corrected chi connectivity index (χ4v) is 3.50. The average Bonchev–Trinajstić information content (AvgIpc) is 2.61. The van der Waals surface area contributed by atoms with Gasteiger partial charge in [-0.15, -0.1) is 0 Å². The first-order valence-electron chi connectivity index (χ1n) is 9.91. The molecule has 0 saturated carbocycles. The molecule has 0 spiro atoms. The Labute approximate surface area is 153 Å². The van der Waals surface area contributed by atoms with Gasteiger partial charge in [0.15, 0.2) is 5.78 Å². The maximum atomic E-state index is 12.5. The quantitative estimate of drug-likeness (QED) is 0.327. The summed E-state index contributed by atoms with van der Waals surface area (Å²) in [6, 6.07) is 10.7. The molecule has 0 unspecified atom stereocenters. The van der Waals surface area contributed by atoms with Crippen LogP contribution in [0.2, 0.25) is 0 Å². The van der Waals surface area contributed by atoms with Gasteiger partial charge in [-0.25, -0.2) is 0 Å². The largest absolute Gasteiger partial charge is 0.294 e. The molecule has 2 aromatic carbocycles. The molecule has 0 radical (unpaired) electrons. The zero-order chi connectivity index (χ0) is 18.1. The van der Waals surface area contributed by atoms with E-state index >= 15 is 0 Å². The third kappa shape index (κ3) is 5.29. The highest BCUT2D eigenvalue weighted by Crippen LogP contribution is 2.29. The van der Waals surface area contributed by atoms with Gasteiger partial charge in [-0.2, -0.15) is 0 Å². The summed E-state index contributed by atoms with van der Waals surface area (Å²) in [7, 11) is 0. The first-order chi connectivity index (χ1) is 12.2. The monoisotopic (exact) mass is 336 g/mol. The van der Waals surface area contributed by atoms with E-state index in [1.165, 1.54) is 48.4 Å². The zero-order valence-corrected chi connectivity index (χ0v) is 16.1. The van der Waals surface area contributed by atoms with Crippen LogP contribution >= 0.6 is 0 Å². The number of ketones is 1. The lowest BCUT2D eigenvalue weighted by Gasteiger charge is -2.14. The van der Waals surface area contributed by atoms with Crippen molar-refractivity contribution in [3.05, 3.63) is 53.1 Å². The minimum absolute atomic E-state index is 0.186. The fourth-order valence-electron chi connectivity index (χ4n) is 3.50. The lowest BCUT2D eigenvalue weighted by atomic mass is 9.89. The lowest BCUT2D eigenvalue weighted by molar-refractivity contribution is 0.101.